The predicted octanol–water partition coefficient (Wildman–Crippen LogP) is 4.87. The first-order valence-corrected chi connectivity index (χ1v) is 12.0. The van der Waals surface area contributed by atoms with Crippen LogP contribution in [-0.2, 0) is 6.54 Å². The first kappa shape index (κ1) is 25.6. The molecule has 188 valence electrons. The van der Waals surface area contributed by atoms with Gasteiger partial charge >= 0.3 is 0 Å². The number of amides is 2. The van der Waals surface area contributed by atoms with E-state index < -0.39 is 17.8 Å². The number of fused-ring (bicyclic) bond motifs is 1. The van der Waals surface area contributed by atoms with Crippen LogP contribution in [0.25, 0.3) is 0 Å². The SMILES string of the molecule is CC(C)N1C[C@@H](CN(C)Cc2ccc(Cl)cc2)Oc2c(NC(=O)c3ccncc3)cc(F)cc2C1=O. The van der Waals surface area contributed by atoms with E-state index in [0.717, 1.165) is 11.6 Å². The van der Waals surface area contributed by atoms with Gasteiger partial charge in [0.2, 0.25) is 0 Å². The van der Waals surface area contributed by atoms with Crippen LogP contribution in [0.5, 0.6) is 5.75 Å². The molecule has 7 nitrogen and oxygen atoms in total. The van der Waals surface area contributed by atoms with Gasteiger partial charge < -0.3 is 15.0 Å². The monoisotopic (exact) mass is 510 g/mol. The van der Waals surface area contributed by atoms with Gasteiger partial charge in [-0.1, -0.05) is 23.7 Å². The Morgan fingerprint density at radius 3 is 2.58 bits per heavy atom. The van der Waals surface area contributed by atoms with E-state index in [1.54, 1.807) is 17.0 Å². The zero-order chi connectivity index (χ0) is 25.8. The smallest absolute Gasteiger partial charge is 0.258 e. The molecule has 3 aromatic rings. The molecule has 0 spiro atoms. The molecule has 36 heavy (non-hydrogen) atoms. The van der Waals surface area contributed by atoms with E-state index in [-0.39, 0.29) is 28.9 Å². The minimum atomic E-state index is -0.641. The van der Waals surface area contributed by atoms with Crippen molar-refractivity contribution in [3.63, 3.8) is 0 Å². The number of nitrogens with zero attached hydrogens (tertiary/aromatic N) is 3. The zero-order valence-electron chi connectivity index (χ0n) is 20.4. The summed E-state index contributed by atoms with van der Waals surface area (Å²) in [5, 5.41) is 3.38. The van der Waals surface area contributed by atoms with Gasteiger partial charge in [0.1, 0.15) is 11.9 Å². The lowest BCUT2D eigenvalue weighted by Gasteiger charge is -2.30. The Morgan fingerprint density at radius 2 is 1.92 bits per heavy atom. The van der Waals surface area contributed by atoms with Crippen molar-refractivity contribution in [2.45, 2.75) is 32.5 Å². The molecule has 0 aliphatic carbocycles. The van der Waals surface area contributed by atoms with Crippen molar-refractivity contribution < 1.29 is 18.7 Å². The summed E-state index contributed by atoms with van der Waals surface area (Å²) in [5.74, 6) is -1.28. The van der Waals surface area contributed by atoms with E-state index in [4.69, 9.17) is 16.3 Å². The number of aromatic nitrogens is 1. The fourth-order valence-electron chi connectivity index (χ4n) is 4.19. The normalized spacial score (nSPS) is 15.5. The predicted molar refractivity (Wildman–Crippen MR) is 137 cm³/mol. The summed E-state index contributed by atoms with van der Waals surface area (Å²) in [6.45, 7) is 5.27. The number of pyridine rings is 1. The molecular formula is C27H28ClFN4O3. The molecule has 2 aromatic carbocycles. The second-order valence-electron chi connectivity index (χ2n) is 9.13. The van der Waals surface area contributed by atoms with Crippen molar-refractivity contribution in [1.29, 1.82) is 0 Å². The van der Waals surface area contributed by atoms with Gasteiger partial charge in [-0.25, -0.2) is 4.39 Å². The molecular weight excluding hydrogens is 483 g/mol. The summed E-state index contributed by atoms with van der Waals surface area (Å²) in [6, 6.07) is 12.9. The number of nitrogens with one attached hydrogen (secondary N) is 1. The Balaban J connectivity index is 1.63. The quantitative estimate of drug-likeness (QED) is 0.491. The number of hydrogen-bond donors (Lipinski definition) is 1. The maximum absolute atomic E-state index is 14.6. The van der Waals surface area contributed by atoms with Gasteiger partial charge in [0.15, 0.2) is 5.75 Å². The lowest BCUT2D eigenvalue weighted by Crippen LogP contribution is -2.45. The van der Waals surface area contributed by atoms with Crippen LogP contribution in [0.3, 0.4) is 0 Å². The Labute approximate surface area is 214 Å². The summed E-state index contributed by atoms with van der Waals surface area (Å²) in [4.78, 5) is 33.9. The molecule has 9 heteroatoms. The van der Waals surface area contributed by atoms with E-state index in [2.05, 4.69) is 15.2 Å². The average Bonchev–Trinajstić information content (AvgIpc) is 2.98. The third kappa shape index (κ3) is 6.01. The zero-order valence-corrected chi connectivity index (χ0v) is 21.1. The Kier molecular flexibility index (Phi) is 7.86. The van der Waals surface area contributed by atoms with Crippen LogP contribution < -0.4 is 10.1 Å². The molecule has 0 fully saturated rings. The maximum Gasteiger partial charge on any atom is 0.258 e. The van der Waals surface area contributed by atoms with Crippen molar-refractivity contribution >= 4 is 29.1 Å². The molecule has 2 heterocycles. The van der Waals surface area contributed by atoms with Crippen LogP contribution in [0.1, 0.15) is 40.1 Å². The number of carbonyl (C=O) groups is 2. The highest BCUT2D eigenvalue weighted by Gasteiger charge is 2.33. The molecule has 1 aliphatic rings. The molecule has 1 N–H and O–H groups in total. The van der Waals surface area contributed by atoms with Gasteiger partial charge in [0.05, 0.1) is 17.8 Å². The molecule has 2 amide bonds. The number of rotatable bonds is 7. The molecule has 1 aromatic heterocycles. The van der Waals surface area contributed by atoms with Crippen molar-refractivity contribution in [3.8, 4) is 5.75 Å². The van der Waals surface area contributed by atoms with Gasteiger partial charge in [-0.15, -0.1) is 0 Å². The minimum absolute atomic E-state index is 0.0802. The third-order valence-electron chi connectivity index (χ3n) is 5.92. The molecule has 0 saturated carbocycles. The van der Waals surface area contributed by atoms with Crippen LogP contribution >= 0.6 is 11.6 Å². The van der Waals surface area contributed by atoms with Crippen molar-refractivity contribution in [2.75, 3.05) is 25.5 Å². The van der Waals surface area contributed by atoms with Crippen molar-refractivity contribution in [2.24, 2.45) is 0 Å². The maximum atomic E-state index is 14.6. The minimum Gasteiger partial charge on any atom is -0.484 e. The number of anilines is 1. The molecule has 0 bridgehead atoms. The van der Waals surface area contributed by atoms with Gasteiger partial charge in [-0.3, -0.25) is 19.5 Å². The van der Waals surface area contributed by atoms with Gasteiger partial charge in [-0.05, 0) is 56.8 Å². The highest BCUT2D eigenvalue weighted by Crippen LogP contribution is 2.35. The number of carbonyl (C=O) groups excluding carboxylic acids is 2. The van der Waals surface area contributed by atoms with Gasteiger partial charge in [0, 0.05) is 48.2 Å². The van der Waals surface area contributed by atoms with Gasteiger partial charge in [-0.2, -0.15) is 0 Å². The summed E-state index contributed by atoms with van der Waals surface area (Å²) >= 11 is 6.00. The molecule has 1 aliphatic heterocycles. The lowest BCUT2D eigenvalue weighted by atomic mass is 10.1. The summed E-state index contributed by atoms with van der Waals surface area (Å²) in [6.07, 6.45) is 2.57. The van der Waals surface area contributed by atoms with E-state index in [0.29, 0.717) is 30.2 Å². The van der Waals surface area contributed by atoms with Crippen LogP contribution in [0, 0.1) is 5.82 Å². The topological polar surface area (TPSA) is 74.8 Å². The Morgan fingerprint density at radius 1 is 1.22 bits per heavy atom. The van der Waals surface area contributed by atoms with Crippen LogP contribution in [0.4, 0.5) is 10.1 Å². The number of halogens is 2. The van der Waals surface area contributed by atoms with Crippen LogP contribution in [0.2, 0.25) is 5.02 Å². The van der Waals surface area contributed by atoms with Crippen LogP contribution in [-0.4, -0.2) is 58.9 Å². The van der Waals surface area contributed by atoms with Gasteiger partial charge in [0.25, 0.3) is 11.8 Å². The fourth-order valence-corrected chi connectivity index (χ4v) is 4.31. The van der Waals surface area contributed by atoms with E-state index in [9.17, 15) is 14.0 Å². The van der Waals surface area contributed by atoms with E-state index in [1.807, 2.05) is 45.2 Å². The van der Waals surface area contributed by atoms with E-state index >= 15 is 0 Å². The number of hydrogen-bond acceptors (Lipinski definition) is 5. The first-order chi connectivity index (χ1) is 17.2. The molecule has 0 saturated heterocycles. The largest absolute Gasteiger partial charge is 0.484 e. The average molecular weight is 511 g/mol. The van der Waals surface area contributed by atoms with E-state index in [1.165, 1.54) is 18.5 Å². The van der Waals surface area contributed by atoms with Crippen molar-refractivity contribution in [1.82, 2.24) is 14.8 Å². The Bertz CT molecular complexity index is 1240. The first-order valence-electron chi connectivity index (χ1n) is 11.7. The molecule has 4 rings (SSSR count). The molecule has 0 unspecified atom stereocenters. The highest BCUT2D eigenvalue weighted by molar-refractivity contribution is 6.30. The number of likely N-dealkylation sites (N-methyl/N-ethyl adjacent to an activating group) is 1. The second-order valence-corrected chi connectivity index (χ2v) is 9.57. The van der Waals surface area contributed by atoms with Crippen LogP contribution in [0.15, 0.2) is 60.9 Å². The summed E-state index contributed by atoms with van der Waals surface area (Å²) < 4.78 is 21.0. The summed E-state index contributed by atoms with van der Waals surface area (Å²) in [7, 11) is 1.96. The standard InChI is InChI=1S/C27H28ClFN4O3/c1-17(2)33-16-22(15-32(3)14-18-4-6-20(28)7-5-18)36-25-23(27(33)35)12-21(29)13-24(25)31-26(34)19-8-10-30-11-9-19/h4-13,17,22H,14-16H2,1-3H3,(H,31,34)/t22-/m1/s1. The highest BCUT2D eigenvalue weighted by atomic mass is 35.5. The number of ether oxygens (including phenoxy) is 1. The molecule has 0 radical (unpaired) electrons. The Hall–Kier alpha value is -3.49. The summed E-state index contributed by atoms with van der Waals surface area (Å²) in [5.41, 5.74) is 1.62. The molecule has 1 atom stereocenters. The van der Waals surface area contributed by atoms with Crippen molar-refractivity contribution in [3.05, 3.63) is 88.5 Å². The fraction of sp³-hybridized carbons (Fsp3) is 0.296. The third-order valence-corrected chi connectivity index (χ3v) is 6.18. The number of benzene rings is 2. The lowest BCUT2D eigenvalue weighted by molar-refractivity contribution is 0.0605. The second kappa shape index (κ2) is 11.1.